The number of hydrogen-bond donors (Lipinski definition) is 2. The molecule has 1 heterocycles. The molecule has 0 aromatic carbocycles. The van der Waals surface area contributed by atoms with E-state index >= 15 is 0 Å². The van der Waals surface area contributed by atoms with Crippen LogP contribution in [0.15, 0.2) is 6.07 Å². The summed E-state index contributed by atoms with van der Waals surface area (Å²) in [4.78, 5) is 3.89. The highest BCUT2D eigenvalue weighted by Crippen LogP contribution is 2.18. The molecule has 0 spiro atoms. The van der Waals surface area contributed by atoms with Gasteiger partial charge in [0.05, 0.1) is 19.8 Å². The summed E-state index contributed by atoms with van der Waals surface area (Å²) in [6, 6.07) is 0.819. The number of aromatic nitrogens is 1. The number of methoxy groups -OCH3 is 1. The molecule has 7 heteroatoms. The van der Waals surface area contributed by atoms with Gasteiger partial charge in [-0.1, -0.05) is 6.92 Å². The number of nitrogens with one attached hydrogen (secondary N) is 2. The van der Waals surface area contributed by atoms with Crippen LogP contribution in [0.4, 0.5) is 20.4 Å². The van der Waals surface area contributed by atoms with E-state index in [9.17, 15) is 8.78 Å². The second-order valence-electron chi connectivity index (χ2n) is 4.11. The number of hydrogen-bond acceptors (Lipinski definition) is 5. The minimum absolute atomic E-state index is 0.0142. The van der Waals surface area contributed by atoms with Crippen molar-refractivity contribution in [3.63, 3.8) is 0 Å². The van der Waals surface area contributed by atoms with Crippen LogP contribution in [-0.2, 0) is 9.47 Å². The molecule has 20 heavy (non-hydrogen) atoms. The van der Waals surface area contributed by atoms with Crippen LogP contribution in [0.1, 0.15) is 13.3 Å². The van der Waals surface area contributed by atoms with Crippen molar-refractivity contribution in [3.8, 4) is 0 Å². The molecule has 0 saturated heterocycles. The molecular formula is C13H21F2N3O2. The van der Waals surface area contributed by atoms with Gasteiger partial charge in [0.15, 0.2) is 23.3 Å². The van der Waals surface area contributed by atoms with Gasteiger partial charge in [-0.3, -0.25) is 0 Å². The summed E-state index contributed by atoms with van der Waals surface area (Å²) in [5.41, 5.74) is 0. The molecule has 5 nitrogen and oxygen atoms in total. The molecule has 0 fully saturated rings. The van der Waals surface area contributed by atoms with Crippen LogP contribution in [0.2, 0.25) is 0 Å². The van der Waals surface area contributed by atoms with Gasteiger partial charge in [-0.2, -0.15) is 0 Å². The quantitative estimate of drug-likeness (QED) is 0.647. The van der Waals surface area contributed by atoms with Crippen molar-refractivity contribution in [3.05, 3.63) is 17.7 Å². The van der Waals surface area contributed by atoms with Gasteiger partial charge in [0.1, 0.15) is 0 Å². The van der Waals surface area contributed by atoms with Crippen LogP contribution < -0.4 is 10.6 Å². The predicted molar refractivity (Wildman–Crippen MR) is 74.1 cm³/mol. The van der Waals surface area contributed by atoms with Crippen molar-refractivity contribution in [2.45, 2.75) is 13.3 Å². The van der Waals surface area contributed by atoms with E-state index in [1.54, 1.807) is 7.11 Å². The monoisotopic (exact) mass is 289 g/mol. The van der Waals surface area contributed by atoms with Gasteiger partial charge in [0, 0.05) is 26.3 Å². The van der Waals surface area contributed by atoms with Crippen LogP contribution in [0, 0.1) is 11.6 Å². The van der Waals surface area contributed by atoms with Crippen LogP contribution in [0.25, 0.3) is 0 Å². The maximum atomic E-state index is 13.5. The van der Waals surface area contributed by atoms with Crippen molar-refractivity contribution in [2.24, 2.45) is 0 Å². The van der Waals surface area contributed by atoms with E-state index in [1.165, 1.54) is 0 Å². The Morgan fingerprint density at radius 1 is 1.05 bits per heavy atom. The van der Waals surface area contributed by atoms with Crippen molar-refractivity contribution < 1.29 is 18.3 Å². The second-order valence-corrected chi connectivity index (χ2v) is 4.11. The molecule has 0 atom stereocenters. The summed E-state index contributed by atoms with van der Waals surface area (Å²) in [6.07, 6.45) is 0.828. The largest absolute Gasteiger partial charge is 0.382 e. The smallest absolute Gasteiger partial charge is 0.168 e. The van der Waals surface area contributed by atoms with Crippen molar-refractivity contribution in [1.82, 2.24) is 4.98 Å². The molecule has 1 rings (SSSR count). The number of rotatable bonds is 10. The SMILES string of the molecule is CCCNc1nc(NCCOCCOC)c(F)cc1F. The first-order valence-corrected chi connectivity index (χ1v) is 6.59. The van der Waals surface area contributed by atoms with Crippen molar-refractivity contribution in [2.75, 3.05) is 50.7 Å². The van der Waals surface area contributed by atoms with Gasteiger partial charge in [0.2, 0.25) is 0 Å². The fraction of sp³-hybridized carbons (Fsp3) is 0.615. The molecule has 0 aliphatic heterocycles. The number of ether oxygens (including phenoxy) is 2. The Balaban J connectivity index is 2.47. The van der Waals surface area contributed by atoms with E-state index in [4.69, 9.17) is 9.47 Å². The summed E-state index contributed by atoms with van der Waals surface area (Å²) in [5.74, 6) is -1.35. The highest BCUT2D eigenvalue weighted by Gasteiger charge is 2.11. The Morgan fingerprint density at radius 2 is 1.70 bits per heavy atom. The molecule has 0 radical (unpaired) electrons. The number of pyridine rings is 1. The Morgan fingerprint density at radius 3 is 2.30 bits per heavy atom. The topological polar surface area (TPSA) is 55.4 Å². The maximum absolute atomic E-state index is 13.5. The first-order valence-electron chi connectivity index (χ1n) is 6.59. The van der Waals surface area contributed by atoms with Crippen LogP contribution in [-0.4, -0.2) is 45.0 Å². The molecule has 0 aliphatic rings. The summed E-state index contributed by atoms with van der Waals surface area (Å²) in [5, 5.41) is 5.58. The van der Waals surface area contributed by atoms with Crippen molar-refractivity contribution >= 4 is 11.6 Å². The van der Waals surface area contributed by atoms with Gasteiger partial charge >= 0.3 is 0 Å². The molecule has 0 aliphatic carbocycles. The van der Waals surface area contributed by atoms with Gasteiger partial charge in [0.25, 0.3) is 0 Å². The Bertz CT molecular complexity index is 405. The van der Waals surface area contributed by atoms with Gasteiger partial charge in [-0.15, -0.1) is 0 Å². The maximum Gasteiger partial charge on any atom is 0.168 e. The lowest BCUT2D eigenvalue weighted by atomic mass is 10.3. The second kappa shape index (κ2) is 9.44. The Kier molecular flexibility index (Phi) is 7.82. The van der Waals surface area contributed by atoms with Crippen LogP contribution in [0.3, 0.4) is 0 Å². The third kappa shape index (κ3) is 5.66. The first kappa shape index (κ1) is 16.6. The third-order valence-electron chi connectivity index (χ3n) is 2.44. The van der Waals surface area contributed by atoms with Gasteiger partial charge < -0.3 is 20.1 Å². The predicted octanol–water partition coefficient (Wildman–Crippen LogP) is 2.26. The summed E-state index contributed by atoms with van der Waals surface area (Å²) >= 11 is 0. The average Bonchev–Trinajstić information content (AvgIpc) is 2.43. The molecule has 0 amide bonds. The highest BCUT2D eigenvalue weighted by molar-refractivity contribution is 5.47. The van der Waals surface area contributed by atoms with E-state index in [1.807, 2.05) is 6.92 Å². The lowest BCUT2D eigenvalue weighted by Gasteiger charge is -2.11. The standard InChI is InChI=1S/C13H21F2N3O2/c1-3-4-16-12-10(14)9-11(15)13(18-12)17-5-6-20-8-7-19-2/h9H,3-8H2,1-2H3,(H2,16,17,18). The molecule has 0 bridgehead atoms. The number of halogens is 2. The molecular weight excluding hydrogens is 268 g/mol. The molecule has 1 aromatic rings. The summed E-state index contributed by atoms with van der Waals surface area (Å²) < 4.78 is 37.0. The van der Waals surface area contributed by atoms with Gasteiger partial charge in [-0.05, 0) is 6.42 Å². The first-order chi connectivity index (χ1) is 9.69. The van der Waals surface area contributed by atoms with E-state index in [0.717, 1.165) is 12.5 Å². The fourth-order valence-corrected chi connectivity index (χ4v) is 1.44. The molecule has 0 unspecified atom stereocenters. The molecule has 114 valence electrons. The Labute approximate surface area is 117 Å². The third-order valence-corrected chi connectivity index (χ3v) is 2.44. The summed E-state index contributed by atoms with van der Waals surface area (Å²) in [7, 11) is 1.59. The van der Waals surface area contributed by atoms with E-state index in [2.05, 4.69) is 15.6 Å². The zero-order valence-electron chi connectivity index (χ0n) is 11.8. The normalized spacial score (nSPS) is 10.6. The molecule has 2 N–H and O–H groups in total. The van der Waals surface area contributed by atoms with Crippen molar-refractivity contribution in [1.29, 1.82) is 0 Å². The minimum atomic E-state index is -0.721. The van der Waals surface area contributed by atoms with Crippen LogP contribution >= 0.6 is 0 Å². The lowest BCUT2D eigenvalue weighted by molar-refractivity contribution is 0.0759. The number of anilines is 2. The van der Waals surface area contributed by atoms with E-state index < -0.39 is 11.6 Å². The van der Waals surface area contributed by atoms with Gasteiger partial charge in [-0.25, -0.2) is 13.8 Å². The lowest BCUT2D eigenvalue weighted by Crippen LogP contribution is -2.15. The zero-order valence-corrected chi connectivity index (χ0v) is 11.8. The Hall–Kier alpha value is -1.47. The molecule has 1 aromatic heterocycles. The average molecular weight is 289 g/mol. The van der Waals surface area contributed by atoms with Crippen LogP contribution in [0.5, 0.6) is 0 Å². The summed E-state index contributed by atoms with van der Waals surface area (Å²) in [6.45, 7) is 4.28. The number of nitrogens with zero attached hydrogens (tertiary/aromatic N) is 1. The fourth-order valence-electron chi connectivity index (χ4n) is 1.44. The molecule has 0 saturated carbocycles. The highest BCUT2D eigenvalue weighted by atomic mass is 19.1. The zero-order chi connectivity index (χ0) is 14.8. The minimum Gasteiger partial charge on any atom is -0.382 e. The van der Waals surface area contributed by atoms with E-state index in [-0.39, 0.29) is 11.6 Å². The van der Waals surface area contributed by atoms with E-state index in [0.29, 0.717) is 32.9 Å².